The first-order valence-corrected chi connectivity index (χ1v) is 6.70. The van der Waals surface area contributed by atoms with Gasteiger partial charge in [-0.3, -0.25) is 0 Å². The number of carbonyl (C=O) groups excluding carboxylic acids is 1. The highest BCUT2D eigenvalue weighted by Crippen LogP contribution is 2.28. The van der Waals surface area contributed by atoms with Crippen molar-refractivity contribution >= 4 is 28.9 Å². The van der Waals surface area contributed by atoms with Gasteiger partial charge in [-0.15, -0.1) is 0 Å². The highest BCUT2D eigenvalue weighted by atomic mass is 32.1. The molecule has 102 valence electrons. The molecule has 0 aromatic heterocycles. The van der Waals surface area contributed by atoms with Crippen molar-refractivity contribution in [3.8, 4) is 0 Å². The monoisotopic (exact) mass is 278 g/mol. The van der Waals surface area contributed by atoms with Gasteiger partial charge in [-0.05, 0) is 43.5 Å². The van der Waals surface area contributed by atoms with E-state index in [9.17, 15) is 4.79 Å². The van der Waals surface area contributed by atoms with Crippen molar-refractivity contribution in [3.63, 3.8) is 0 Å². The summed E-state index contributed by atoms with van der Waals surface area (Å²) in [6.45, 7) is 2.84. The van der Waals surface area contributed by atoms with Crippen LogP contribution in [0.25, 0.3) is 0 Å². The molecule has 4 nitrogen and oxygen atoms in total. The average molecular weight is 278 g/mol. The zero-order valence-electron chi connectivity index (χ0n) is 11.2. The van der Waals surface area contributed by atoms with Gasteiger partial charge in [-0.25, -0.2) is 4.79 Å². The molecule has 5 heteroatoms. The summed E-state index contributed by atoms with van der Waals surface area (Å²) in [5.41, 5.74) is 8.59. The minimum atomic E-state index is -0.180. The minimum absolute atomic E-state index is 0.173. The number of hydrogen-bond donors (Lipinski definition) is 1. The number of hydrogen-bond acceptors (Lipinski definition) is 4. The van der Waals surface area contributed by atoms with E-state index in [1.807, 2.05) is 25.1 Å². The van der Waals surface area contributed by atoms with Crippen LogP contribution in [0.3, 0.4) is 0 Å². The topological polar surface area (TPSA) is 55.6 Å². The summed E-state index contributed by atoms with van der Waals surface area (Å²) < 4.78 is 4.86. The van der Waals surface area contributed by atoms with Gasteiger partial charge in [0.05, 0.1) is 7.11 Å². The third-order valence-electron chi connectivity index (χ3n) is 3.53. The normalized spacial score (nSPS) is 18.4. The zero-order chi connectivity index (χ0) is 14.0. The molecule has 1 atom stereocenters. The van der Waals surface area contributed by atoms with Gasteiger partial charge in [0.1, 0.15) is 11.0 Å². The fraction of sp³-hybridized carbons (Fsp3) is 0.429. The predicted octanol–water partition coefficient (Wildman–Crippen LogP) is 1.77. The lowest BCUT2D eigenvalue weighted by atomic mass is 10.1. The summed E-state index contributed by atoms with van der Waals surface area (Å²) in [6, 6.07) is 5.72. The van der Waals surface area contributed by atoms with Crippen LogP contribution in [0.4, 0.5) is 5.69 Å². The van der Waals surface area contributed by atoms with Gasteiger partial charge in [0.2, 0.25) is 0 Å². The third-order valence-corrected chi connectivity index (χ3v) is 3.75. The second-order valence-corrected chi connectivity index (χ2v) is 5.18. The number of ether oxygens (including phenoxy) is 1. The molecule has 1 heterocycles. The van der Waals surface area contributed by atoms with Gasteiger partial charge in [0.25, 0.3) is 0 Å². The third kappa shape index (κ3) is 2.71. The average Bonchev–Trinajstić information content (AvgIpc) is 2.86. The summed E-state index contributed by atoms with van der Waals surface area (Å²) in [6.07, 6.45) is 1.83. The number of carbonyl (C=O) groups is 1. The van der Waals surface area contributed by atoms with Crippen LogP contribution in [0.15, 0.2) is 18.2 Å². The molecular formula is C14H18N2O2S. The number of nitrogens with zero attached hydrogens (tertiary/aromatic N) is 1. The first-order valence-electron chi connectivity index (χ1n) is 6.29. The first-order chi connectivity index (χ1) is 9.04. The van der Waals surface area contributed by atoms with Gasteiger partial charge >= 0.3 is 5.97 Å². The molecule has 0 aliphatic carbocycles. The smallest absolute Gasteiger partial charge is 0.328 e. The number of methoxy groups -OCH3 is 1. The number of anilines is 1. The predicted molar refractivity (Wildman–Crippen MR) is 79.5 cm³/mol. The summed E-state index contributed by atoms with van der Waals surface area (Å²) in [5.74, 6) is -0.173. The molecule has 1 unspecified atom stereocenters. The molecule has 1 saturated heterocycles. The number of rotatable bonds is 3. The van der Waals surface area contributed by atoms with Crippen LogP contribution in [0, 0.1) is 6.92 Å². The lowest BCUT2D eigenvalue weighted by Gasteiger charge is -2.25. The molecule has 19 heavy (non-hydrogen) atoms. The molecule has 0 spiro atoms. The Balaban J connectivity index is 2.29. The van der Waals surface area contributed by atoms with Crippen molar-refractivity contribution in [2.24, 2.45) is 5.73 Å². The summed E-state index contributed by atoms with van der Waals surface area (Å²) in [7, 11) is 1.43. The molecule has 1 aliphatic heterocycles. The Kier molecular flexibility index (Phi) is 4.04. The molecule has 0 saturated carbocycles. The van der Waals surface area contributed by atoms with Crippen LogP contribution < -0.4 is 10.6 Å². The maximum Gasteiger partial charge on any atom is 0.328 e. The van der Waals surface area contributed by atoms with Gasteiger partial charge in [0.15, 0.2) is 0 Å². The largest absolute Gasteiger partial charge is 0.467 e. The molecule has 0 amide bonds. The van der Waals surface area contributed by atoms with E-state index in [1.54, 1.807) is 0 Å². The van der Waals surface area contributed by atoms with Gasteiger partial charge in [-0.2, -0.15) is 0 Å². The van der Waals surface area contributed by atoms with Crippen molar-refractivity contribution in [1.82, 2.24) is 0 Å². The number of thiocarbonyl (C=S) groups is 1. The van der Waals surface area contributed by atoms with Crippen molar-refractivity contribution in [1.29, 1.82) is 0 Å². The van der Waals surface area contributed by atoms with E-state index in [0.29, 0.717) is 4.99 Å². The lowest BCUT2D eigenvalue weighted by molar-refractivity contribution is -0.141. The van der Waals surface area contributed by atoms with Gasteiger partial charge in [-0.1, -0.05) is 12.2 Å². The van der Waals surface area contributed by atoms with E-state index in [-0.39, 0.29) is 12.0 Å². The number of aryl methyl sites for hydroxylation is 1. The van der Waals surface area contributed by atoms with E-state index < -0.39 is 0 Å². The molecule has 0 bridgehead atoms. The Bertz CT molecular complexity index is 516. The second kappa shape index (κ2) is 5.57. The Morgan fingerprint density at radius 2 is 2.26 bits per heavy atom. The Morgan fingerprint density at radius 1 is 1.53 bits per heavy atom. The van der Waals surface area contributed by atoms with Crippen molar-refractivity contribution in [3.05, 3.63) is 29.3 Å². The van der Waals surface area contributed by atoms with Crippen LogP contribution in [-0.4, -0.2) is 30.7 Å². The molecule has 1 fully saturated rings. The molecule has 0 radical (unpaired) electrons. The number of nitrogens with two attached hydrogens (primary N) is 1. The molecule has 1 aromatic rings. The zero-order valence-corrected chi connectivity index (χ0v) is 12.0. The van der Waals surface area contributed by atoms with Crippen molar-refractivity contribution in [2.45, 2.75) is 25.8 Å². The van der Waals surface area contributed by atoms with Crippen LogP contribution in [0.5, 0.6) is 0 Å². The van der Waals surface area contributed by atoms with Gasteiger partial charge in [0, 0.05) is 17.8 Å². The summed E-state index contributed by atoms with van der Waals surface area (Å²) in [4.78, 5) is 14.2. The summed E-state index contributed by atoms with van der Waals surface area (Å²) >= 11 is 5.00. The fourth-order valence-electron chi connectivity index (χ4n) is 2.56. The molecule has 1 aliphatic rings. The molecule has 2 rings (SSSR count). The molecule has 1 aromatic carbocycles. The van der Waals surface area contributed by atoms with Crippen LogP contribution in [0.1, 0.15) is 24.0 Å². The minimum Gasteiger partial charge on any atom is -0.467 e. The lowest BCUT2D eigenvalue weighted by Crippen LogP contribution is -2.36. The molecular weight excluding hydrogens is 260 g/mol. The van der Waals surface area contributed by atoms with E-state index >= 15 is 0 Å². The van der Waals surface area contributed by atoms with Crippen LogP contribution >= 0.6 is 12.2 Å². The van der Waals surface area contributed by atoms with E-state index in [0.717, 1.165) is 36.2 Å². The highest BCUT2D eigenvalue weighted by molar-refractivity contribution is 7.80. The number of benzene rings is 1. The fourth-order valence-corrected chi connectivity index (χ4v) is 2.79. The van der Waals surface area contributed by atoms with Crippen LogP contribution in [-0.2, 0) is 9.53 Å². The SMILES string of the molecule is COC(=O)C1CCCN1c1ccc(C(N)=S)c(C)c1. The Labute approximate surface area is 118 Å². The van der Waals surface area contributed by atoms with E-state index in [2.05, 4.69) is 4.90 Å². The Morgan fingerprint density at radius 3 is 2.84 bits per heavy atom. The quantitative estimate of drug-likeness (QED) is 0.674. The highest BCUT2D eigenvalue weighted by Gasteiger charge is 2.31. The van der Waals surface area contributed by atoms with Crippen molar-refractivity contribution in [2.75, 3.05) is 18.6 Å². The second-order valence-electron chi connectivity index (χ2n) is 4.74. The van der Waals surface area contributed by atoms with Crippen molar-refractivity contribution < 1.29 is 9.53 Å². The maximum absolute atomic E-state index is 11.8. The Hall–Kier alpha value is -1.62. The standard InChI is InChI=1S/C14H18N2O2S/c1-9-8-10(5-6-11(9)13(15)19)16-7-3-4-12(16)14(17)18-2/h5-6,8,12H,3-4,7H2,1-2H3,(H2,15,19). The first kappa shape index (κ1) is 13.8. The summed E-state index contributed by atoms with van der Waals surface area (Å²) in [5, 5.41) is 0. The van der Waals surface area contributed by atoms with Gasteiger partial charge < -0.3 is 15.4 Å². The van der Waals surface area contributed by atoms with E-state index in [4.69, 9.17) is 22.7 Å². The molecule has 2 N–H and O–H groups in total. The maximum atomic E-state index is 11.8. The van der Waals surface area contributed by atoms with Crippen LogP contribution in [0.2, 0.25) is 0 Å². The van der Waals surface area contributed by atoms with E-state index in [1.165, 1.54) is 7.11 Å². The number of esters is 1.